The maximum atomic E-state index is 14.9. The Morgan fingerprint density at radius 1 is 1.06 bits per heavy atom. The summed E-state index contributed by atoms with van der Waals surface area (Å²) < 4.78 is 38.9. The van der Waals surface area contributed by atoms with E-state index in [4.69, 9.17) is 15.2 Å². The van der Waals surface area contributed by atoms with E-state index in [-0.39, 0.29) is 23.0 Å². The standard InChI is InChI=1S/C24H24F2N4O3/c1-14-11-22(27)28-29-23(14)15-7-9-30(10-8-15)24(31)18-12-20(32-2)21(13-19(18)26)33-17-5-3-16(25)4-6-17/h3-6,11-13,15H,7-10H2,1-2H3,(H2,27,28). The lowest BCUT2D eigenvalue weighted by molar-refractivity contribution is 0.0706. The molecule has 0 aliphatic carbocycles. The van der Waals surface area contributed by atoms with E-state index in [0.717, 1.165) is 17.3 Å². The van der Waals surface area contributed by atoms with E-state index in [1.54, 1.807) is 11.0 Å². The summed E-state index contributed by atoms with van der Waals surface area (Å²) in [4.78, 5) is 14.7. The number of nitrogens with two attached hydrogens (primary N) is 1. The van der Waals surface area contributed by atoms with Gasteiger partial charge in [-0.1, -0.05) is 0 Å². The van der Waals surface area contributed by atoms with E-state index >= 15 is 0 Å². The minimum absolute atomic E-state index is 0.0919. The Kier molecular flexibility index (Phi) is 6.39. The summed E-state index contributed by atoms with van der Waals surface area (Å²) in [7, 11) is 1.40. The van der Waals surface area contributed by atoms with Crippen LogP contribution in [0.25, 0.3) is 0 Å². The first-order chi connectivity index (χ1) is 15.9. The summed E-state index contributed by atoms with van der Waals surface area (Å²) in [6.45, 7) is 2.87. The zero-order chi connectivity index (χ0) is 23.5. The van der Waals surface area contributed by atoms with Gasteiger partial charge in [0.1, 0.15) is 23.2 Å². The molecular formula is C24H24F2N4O3. The van der Waals surface area contributed by atoms with Gasteiger partial charge in [0.2, 0.25) is 0 Å². The third kappa shape index (κ3) is 4.87. The number of aromatic nitrogens is 2. The number of nitrogens with zero attached hydrogens (tertiary/aromatic N) is 3. The SMILES string of the molecule is COc1cc(C(=O)N2CCC(c3nnc(N)cc3C)CC2)c(F)cc1Oc1ccc(F)cc1. The van der Waals surface area contributed by atoms with Crippen LogP contribution in [0.5, 0.6) is 17.2 Å². The van der Waals surface area contributed by atoms with Crippen LogP contribution < -0.4 is 15.2 Å². The molecule has 2 aromatic carbocycles. The molecule has 7 nitrogen and oxygen atoms in total. The van der Waals surface area contributed by atoms with Gasteiger partial charge in [-0.15, -0.1) is 5.10 Å². The number of carbonyl (C=O) groups excluding carboxylic acids is 1. The monoisotopic (exact) mass is 454 g/mol. The molecule has 1 saturated heterocycles. The lowest BCUT2D eigenvalue weighted by atomic mass is 9.90. The number of rotatable bonds is 5. The number of hydrogen-bond acceptors (Lipinski definition) is 6. The summed E-state index contributed by atoms with van der Waals surface area (Å²) in [5, 5.41) is 8.17. The number of nitrogen functional groups attached to an aromatic ring is 1. The van der Waals surface area contributed by atoms with Crippen molar-refractivity contribution in [2.75, 3.05) is 25.9 Å². The van der Waals surface area contributed by atoms with Crippen molar-refractivity contribution in [3.63, 3.8) is 0 Å². The molecule has 1 aromatic heterocycles. The Labute approximate surface area is 190 Å². The number of anilines is 1. The molecule has 0 unspecified atom stereocenters. The second-order valence-corrected chi connectivity index (χ2v) is 7.94. The topological polar surface area (TPSA) is 90.6 Å². The van der Waals surface area contributed by atoms with Crippen LogP contribution in [-0.4, -0.2) is 41.2 Å². The highest BCUT2D eigenvalue weighted by molar-refractivity contribution is 5.95. The van der Waals surface area contributed by atoms with Crippen molar-refractivity contribution in [3.8, 4) is 17.2 Å². The van der Waals surface area contributed by atoms with E-state index in [2.05, 4.69) is 10.2 Å². The molecule has 1 amide bonds. The van der Waals surface area contributed by atoms with E-state index in [0.29, 0.717) is 37.5 Å². The van der Waals surface area contributed by atoms with Crippen LogP contribution in [0.2, 0.25) is 0 Å². The first-order valence-electron chi connectivity index (χ1n) is 10.6. The predicted molar refractivity (Wildman–Crippen MR) is 118 cm³/mol. The average molecular weight is 454 g/mol. The molecule has 2 N–H and O–H groups in total. The van der Waals surface area contributed by atoms with Crippen molar-refractivity contribution < 1.29 is 23.0 Å². The van der Waals surface area contributed by atoms with E-state index in [1.807, 2.05) is 6.92 Å². The third-order valence-electron chi connectivity index (χ3n) is 5.74. The number of benzene rings is 2. The zero-order valence-corrected chi connectivity index (χ0v) is 18.3. The Balaban J connectivity index is 1.48. The predicted octanol–water partition coefficient (Wildman–Crippen LogP) is 4.47. The highest BCUT2D eigenvalue weighted by atomic mass is 19.1. The van der Waals surface area contributed by atoms with Crippen LogP contribution in [0, 0.1) is 18.6 Å². The van der Waals surface area contributed by atoms with Crippen LogP contribution >= 0.6 is 0 Å². The smallest absolute Gasteiger partial charge is 0.256 e. The fourth-order valence-corrected chi connectivity index (χ4v) is 4.01. The maximum absolute atomic E-state index is 14.9. The normalized spacial score (nSPS) is 14.2. The lowest BCUT2D eigenvalue weighted by Gasteiger charge is -2.32. The number of aryl methyl sites for hydroxylation is 1. The molecule has 1 aliphatic heterocycles. The van der Waals surface area contributed by atoms with Crippen LogP contribution in [-0.2, 0) is 0 Å². The fourth-order valence-electron chi connectivity index (χ4n) is 4.01. The number of halogens is 2. The molecule has 33 heavy (non-hydrogen) atoms. The molecule has 3 aromatic rings. The number of likely N-dealkylation sites (tertiary alicyclic amines) is 1. The molecule has 172 valence electrons. The van der Waals surface area contributed by atoms with Gasteiger partial charge >= 0.3 is 0 Å². The first kappa shape index (κ1) is 22.4. The highest BCUT2D eigenvalue weighted by Gasteiger charge is 2.29. The number of amides is 1. The van der Waals surface area contributed by atoms with Crippen molar-refractivity contribution in [2.45, 2.75) is 25.7 Å². The second kappa shape index (κ2) is 9.40. The second-order valence-electron chi connectivity index (χ2n) is 7.94. The lowest BCUT2D eigenvalue weighted by Crippen LogP contribution is -2.38. The van der Waals surface area contributed by atoms with Gasteiger partial charge in [-0.2, -0.15) is 5.10 Å². The number of piperidine rings is 1. The molecular weight excluding hydrogens is 430 g/mol. The molecule has 1 aliphatic rings. The minimum atomic E-state index is -0.722. The summed E-state index contributed by atoms with van der Waals surface area (Å²) >= 11 is 0. The molecule has 0 atom stereocenters. The zero-order valence-electron chi connectivity index (χ0n) is 18.3. The van der Waals surface area contributed by atoms with Crippen LogP contribution in [0.3, 0.4) is 0 Å². The fraction of sp³-hybridized carbons (Fsp3) is 0.292. The quantitative estimate of drug-likeness (QED) is 0.612. The maximum Gasteiger partial charge on any atom is 0.256 e. The molecule has 1 fully saturated rings. The van der Waals surface area contributed by atoms with Gasteiger partial charge in [0, 0.05) is 25.1 Å². The van der Waals surface area contributed by atoms with Crippen molar-refractivity contribution in [1.29, 1.82) is 0 Å². The van der Waals surface area contributed by atoms with Crippen LogP contribution in [0.15, 0.2) is 42.5 Å². The number of methoxy groups -OCH3 is 1. The van der Waals surface area contributed by atoms with Gasteiger partial charge in [-0.05, 0) is 61.7 Å². The molecule has 0 bridgehead atoms. The molecule has 0 saturated carbocycles. The summed E-state index contributed by atoms with van der Waals surface area (Å²) in [5.41, 5.74) is 7.44. The van der Waals surface area contributed by atoms with Gasteiger partial charge in [0.15, 0.2) is 11.5 Å². The van der Waals surface area contributed by atoms with Crippen LogP contribution in [0.1, 0.15) is 40.4 Å². The molecule has 0 radical (unpaired) electrons. The minimum Gasteiger partial charge on any atom is -0.493 e. The average Bonchev–Trinajstić information content (AvgIpc) is 2.80. The third-order valence-corrected chi connectivity index (χ3v) is 5.74. The van der Waals surface area contributed by atoms with Gasteiger partial charge in [0.05, 0.1) is 18.4 Å². The van der Waals surface area contributed by atoms with E-state index < -0.39 is 17.5 Å². The van der Waals surface area contributed by atoms with Gasteiger partial charge in [0.25, 0.3) is 5.91 Å². The van der Waals surface area contributed by atoms with Crippen molar-refractivity contribution >= 4 is 11.7 Å². The summed E-state index contributed by atoms with van der Waals surface area (Å²) in [6, 6.07) is 9.53. The summed E-state index contributed by atoms with van der Waals surface area (Å²) in [6.07, 6.45) is 1.38. The molecule has 0 spiro atoms. The van der Waals surface area contributed by atoms with Gasteiger partial charge in [-0.3, -0.25) is 4.79 Å². The number of hydrogen-bond donors (Lipinski definition) is 1. The number of carbonyl (C=O) groups is 1. The van der Waals surface area contributed by atoms with E-state index in [1.165, 1.54) is 37.4 Å². The molecule has 9 heteroatoms. The highest BCUT2D eigenvalue weighted by Crippen LogP contribution is 2.35. The Morgan fingerprint density at radius 2 is 1.76 bits per heavy atom. The van der Waals surface area contributed by atoms with Gasteiger partial charge in [-0.25, -0.2) is 8.78 Å². The van der Waals surface area contributed by atoms with Crippen molar-refractivity contribution in [2.24, 2.45) is 0 Å². The van der Waals surface area contributed by atoms with Crippen molar-refractivity contribution in [3.05, 3.63) is 70.9 Å². The molecule has 2 heterocycles. The Morgan fingerprint density at radius 3 is 2.39 bits per heavy atom. The summed E-state index contributed by atoms with van der Waals surface area (Å²) in [5.74, 6) is -0.410. The number of ether oxygens (including phenoxy) is 2. The van der Waals surface area contributed by atoms with Gasteiger partial charge < -0.3 is 20.1 Å². The molecule has 4 rings (SSSR count). The van der Waals surface area contributed by atoms with E-state index in [9.17, 15) is 13.6 Å². The van der Waals surface area contributed by atoms with Crippen molar-refractivity contribution in [1.82, 2.24) is 15.1 Å². The Bertz CT molecular complexity index is 1160. The first-order valence-corrected chi connectivity index (χ1v) is 10.6. The largest absolute Gasteiger partial charge is 0.493 e. The van der Waals surface area contributed by atoms with Crippen LogP contribution in [0.4, 0.5) is 14.6 Å². The Hall–Kier alpha value is -3.75.